The fourth-order valence-corrected chi connectivity index (χ4v) is 3.60. The standard InChI is InChI=1S/C15H13Br2N3/c1-9(13-5-3-11(16)6-14(13)17)19-12-4-2-10-8-18-20-15(10)7-12/h2-9,19H,1H3,(H,18,20). The second-order valence-electron chi connectivity index (χ2n) is 4.70. The largest absolute Gasteiger partial charge is 0.378 e. The number of nitrogens with zero attached hydrogens (tertiary/aromatic N) is 1. The predicted molar refractivity (Wildman–Crippen MR) is 90.0 cm³/mol. The average molecular weight is 395 g/mol. The first kappa shape index (κ1) is 13.6. The first-order valence-corrected chi connectivity index (χ1v) is 7.87. The fraction of sp³-hybridized carbons (Fsp3) is 0.133. The molecule has 1 heterocycles. The third-order valence-corrected chi connectivity index (χ3v) is 4.43. The highest BCUT2D eigenvalue weighted by Gasteiger charge is 2.10. The fourth-order valence-electron chi connectivity index (χ4n) is 2.21. The molecule has 0 radical (unpaired) electrons. The normalized spacial score (nSPS) is 12.6. The van der Waals surface area contributed by atoms with Gasteiger partial charge in [0.1, 0.15) is 0 Å². The van der Waals surface area contributed by atoms with E-state index in [0.29, 0.717) is 0 Å². The van der Waals surface area contributed by atoms with Crippen molar-refractivity contribution in [1.29, 1.82) is 0 Å². The van der Waals surface area contributed by atoms with Gasteiger partial charge in [0, 0.05) is 26.1 Å². The van der Waals surface area contributed by atoms with Gasteiger partial charge in [-0.2, -0.15) is 5.10 Å². The molecule has 1 unspecified atom stereocenters. The van der Waals surface area contributed by atoms with Crippen molar-refractivity contribution in [1.82, 2.24) is 10.2 Å². The summed E-state index contributed by atoms with van der Waals surface area (Å²) >= 11 is 7.08. The summed E-state index contributed by atoms with van der Waals surface area (Å²) in [5.74, 6) is 0. The molecule has 1 atom stereocenters. The van der Waals surface area contributed by atoms with Crippen LogP contribution in [0.25, 0.3) is 10.9 Å². The predicted octanol–water partition coefficient (Wildman–Crippen LogP) is 5.26. The maximum atomic E-state index is 4.04. The first-order valence-electron chi connectivity index (χ1n) is 6.28. The first-order chi connectivity index (χ1) is 9.63. The van der Waals surface area contributed by atoms with E-state index in [9.17, 15) is 0 Å². The Kier molecular flexibility index (Phi) is 3.81. The summed E-state index contributed by atoms with van der Waals surface area (Å²) in [6.45, 7) is 2.14. The molecule has 1 aromatic heterocycles. The number of benzene rings is 2. The Hall–Kier alpha value is -1.33. The van der Waals surface area contributed by atoms with Gasteiger partial charge < -0.3 is 5.32 Å². The van der Waals surface area contributed by atoms with E-state index < -0.39 is 0 Å². The molecule has 2 aromatic carbocycles. The molecule has 102 valence electrons. The molecule has 20 heavy (non-hydrogen) atoms. The van der Waals surface area contributed by atoms with E-state index in [1.54, 1.807) is 0 Å². The number of aromatic amines is 1. The van der Waals surface area contributed by atoms with Gasteiger partial charge in [0.05, 0.1) is 11.7 Å². The van der Waals surface area contributed by atoms with E-state index in [2.05, 4.69) is 90.7 Å². The van der Waals surface area contributed by atoms with Gasteiger partial charge in [-0.3, -0.25) is 5.10 Å². The van der Waals surface area contributed by atoms with Crippen LogP contribution in [0.4, 0.5) is 5.69 Å². The molecule has 0 aliphatic rings. The van der Waals surface area contributed by atoms with Crippen molar-refractivity contribution in [2.45, 2.75) is 13.0 Å². The van der Waals surface area contributed by atoms with Crippen molar-refractivity contribution in [3.8, 4) is 0 Å². The lowest BCUT2D eigenvalue weighted by Gasteiger charge is -2.17. The number of fused-ring (bicyclic) bond motifs is 1. The zero-order valence-corrected chi connectivity index (χ0v) is 14.0. The Labute approximate surface area is 134 Å². The van der Waals surface area contributed by atoms with Crippen LogP contribution in [0.5, 0.6) is 0 Å². The molecule has 3 rings (SSSR count). The molecule has 5 heteroatoms. The molecule has 0 aliphatic carbocycles. The number of aromatic nitrogens is 2. The van der Waals surface area contributed by atoms with E-state index in [-0.39, 0.29) is 6.04 Å². The van der Waals surface area contributed by atoms with Crippen molar-refractivity contribution in [2.24, 2.45) is 0 Å². The number of nitrogens with one attached hydrogen (secondary N) is 2. The third-order valence-electron chi connectivity index (χ3n) is 3.25. The molecule has 0 saturated heterocycles. The van der Waals surface area contributed by atoms with Crippen LogP contribution >= 0.6 is 31.9 Å². The lowest BCUT2D eigenvalue weighted by molar-refractivity contribution is 0.878. The summed E-state index contributed by atoms with van der Waals surface area (Å²) in [4.78, 5) is 0. The van der Waals surface area contributed by atoms with Gasteiger partial charge >= 0.3 is 0 Å². The number of anilines is 1. The van der Waals surface area contributed by atoms with Gasteiger partial charge in [-0.25, -0.2) is 0 Å². The van der Waals surface area contributed by atoms with Crippen LogP contribution in [0.15, 0.2) is 51.5 Å². The molecular weight excluding hydrogens is 382 g/mol. The lowest BCUT2D eigenvalue weighted by Crippen LogP contribution is -2.07. The van der Waals surface area contributed by atoms with E-state index >= 15 is 0 Å². The van der Waals surface area contributed by atoms with Crippen molar-refractivity contribution < 1.29 is 0 Å². The highest BCUT2D eigenvalue weighted by molar-refractivity contribution is 9.11. The summed E-state index contributed by atoms with van der Waals surface area (Å²) in [6.07, 6.45) is 1.83. The number of rotatable bonds is 3. The number of H-pyrrole nitrogens is 1. The van der Waals surface area contributed by atoms with Crippen LogP contribution in [0.3, 0.4) is 0 Å². The Morgan fingerprint density at radius 3 is 2.80 bits per heavy atom. The summed E-state index contributed by atoms with van der Waals surface area (Å²) < 4.78 is 2.16. The van der Waals surface area contributed by atoms with Crippen LogP contribution in [0, 0.1) is 0 Å². The molecule has 0 saturated carbocycles. The summed E-state index contributed by atoms with van der Waals surface area (Å²) in [5.41, 5.74) is 3.33. The second kappa shape index (κ2) is 5.58. The molecule has 0 aliphatic heterocycles. The lowest BCUT2D eigenvalue weighted by atomic mass is 10.1. The van der Waals surface area contributed by atoms with Gasteiger partial charge in [0.2, 0.25) is 0 Å². The van der Waals surface area contributed by atoms with Crippen molar-refractivity contribution >= 4 is 48.5 Å². The molecule has 3 aromatic rings. The smallest absolute Gasteiger partial charge is 0.0670 e. The van der Waals surface area contributed by atoms with Crippen molar-refractivity contribution in [3.63, 3.8) is 0 Å². The minimum absolute atomic E-state index is 0.206. The van der Waals surface area contributed by atoms with Gasteiger partial charge in [0.25, 0.3) is 0 Å². The quantitative estimate of drug-likeness (QED) is 0.635. The summed E-state index contributed by atoms with van der Waals surface area (Å²) in [5, 5.41) is 11.7. The Morgan fingerprint density at radius 1 is 1.15 bits per heavy atom. The van der Waals surface area contributed by atoms with Crippen molar-refractivity contribution in [2.75, 3.05) is 5.32 Å². The molecule has 2 N–H and O–H groups in total. The molecular formula is C15H13Br2N3. The molecule has 0 bridgehead atoms. The zero-order chi connectivity index (χ0) is 14.1. The maximum Gasteiger partial charge on any atom is 0.0670 e. The zero-order valence-electron chi connectivity index (χ0n) is 10.8. The molecule has 0 fully saturated rings. The number of halogens is 2. The van der Waals surface area contributed by atoms with Crippen LogP contribution in [-0.2, 0) is 0 Å². The monoisotopic (exact) mass is 393 g/mol. The summed E-state index contributed by atoms with van der Waals surface area (Å²) in [6, 6.07) is 12.6. The highest BCUT2D eigenvalue weighted by Crippen LogP contribution is 2.29. The molecule has 0 spiro atoms. The highest BCUT2D eigenvalue weighted by atomic mass is 79.9. The van der Waals surface area contributed by atoms with E-state index in [0.717, 1.165) is 25.5 Å². The SMILES string of the molecule is CC(Nc1ccc2cn[nH]c2c1)c1ccc(Br)cc1Br. The van der Waals surface area contributed by atoms with Crippen LogP contribution < -0.4 is 5.32 Å². The minimum Gasteiger partial charge on any atom is -0.378 e. The van der Waals surface area contributed by atoms with E-state index in [1.165, 1.54) is 5.56 Å². The van der Waals surface area contributed by atoms with Gasteiger partial charge in [-0.1, -0.05) is 37.9 Å². The van der Waals surface area contributed by atoms with Crippen LogP contribution in [0.2, 0.25) is 0 Å². The average Bonchev–Trinajstić information content (AvgIpc) is 2.85. The Morgan fingerprint density at radius 2 is 2.00 bits per heavy atom. The number of hydrogen-bond acceptors (Lipinski definition) is 2. The molecule has 3 nitrogen and oxygen atoms in total. The van der Waals surface area contributed by atoms with Gasteiger partial charge in [-0.15, -0.1) is 0 Å². The van der Waals surface area contributed by atoms with Crippen molar-refractivity contribution in [3.05, 3.63) is 57.1 Å². The Balaban J connectivity index is 1.85. The summed E-state index contributed by atoms with van der Waals surface area (Å²) in [7, 11) is 0. The van der Waals surface area contributed by atoms with E-state index in [1.807, 2.05) is 6.20 Å². The second-order valence-corrected chi connectivity index (χ2v) is 6.47. The topological polar surface area (TPSA) is 40.7 Å². The maximum absolute atomic E-state index is 4.04. The van der Waals surface area contributed by atoms with Crippen LogP contribution in [-0.4, -0.2) is 10.2 Å². The van der Waals surface area contributed by atoms with Gasteiger partial charge in [-0.05, 0) is 42.8 Å². The van der Waals surface area contributed by atoms with E-state index in [4.69, 9.17) is 0 Å². The molecule has 0 amide bonds. The van der Waals surface area contributed by atoms with Gasteiger partial charge in [0.15, 0.2) is 0 Å². The third kappa shape index (κ3) is 2.74. The number of hydrogen-bond donors (Lipinski definition) is 2. The Bertz CT molecular complexity index is 752. The van der Waals surface area contributed by atoms with Crippen LogP contribution in [0.1, 0.15) is 18.5 Å². The minimum atomic E-state index is 0.206.